The van der Waals surface area contributed by atoms with Crippen molar-refractivity contribution < 1.29 is 27.8 Å². The molecule has 2 aromatic heterocycles. The lowest BCUT2D eigenvalue weighted by atomic mass is 9.86. The van der Waals surface area contributed by atoms with E-state index in [2.05, 4.69) is 20.3 Å². The third kappa shape index (κ3) is 5.43. The Morgan fingerprint density at radius 2 is 1.92 bits per heavy atom. The maximum atomic E-state index is 13.5. The van der Waals surface area contributed by atoms with E-state index >= 15 is 0 Å². The number of carbonyl (C=O) groups excluding carboxylic acids is 1. The molecule has 1 saturated carbocycles. The van der Waals surface area contributed by atoms with Crippen molar-refractivity contribution in [2.45, 2.75) is 63.4 Å². The van der Waals surface area contributed by atoms with Gasteiger partial charge in [0.25, 0.3) is 0 Å². The lowest BCUT2D eigenvalue weighted by molar-refractivity contribution is -0.139. The summed E-state index contributed by atoms with van der Waals surface area (Å²) in [7, 11) is 1.17. The van der Waals surface area contributed by atoms with Crippen molar-refractivity contribution in [3.63, 3.8) is 0 Å². The number of alkyl halides is 3. The third-order valence-corrected chi connectivity index (χ3v) is 7.59. The molecule has 4 heterocycles. The number of anilines is 2. The molecule has 1 atom stereocenters. The molecule has 2 aromatic rings. The minimum Gasteiger partial charge on any atom is -0.481 e. The largest absolute Gasteiger partial charge is 0.481 e. The van der Waals surface area contributed by atoms with Gasteiger partial charge < -0.3 is 25.0 Å². The highest BCUT2D eigenvalue weighted by Crippen LogP contribution is 2.38. The van der Waals surface area contributed by atoms with E-state index in [0.717, 1.165) is 36.6 Å². The molecule has 9 nitrogen and oxygen atoms in total. The molecule has 1 saturated heterocycles. The number of rotatable bonds is 5. The first-order chi connectivity index (χ1) is 17.7. The average Bonchev–Trinajstić information content (AvgIpc) is 3.36. The average molecular weight is 521 g/mol. The maximum Gasteiger partial charge on any atom is 0.421 e. The third-order valence-electron chi connectivity index (χ3n) is 7.59. The van der Waals surface area contributed by atoms with Gasteiger partial charge in [-0.15, -0.1) is 0 Å². The van der Waals surface area contributed by atoms with E-state index in [1.54, 1.807) is 0 Å². The number of methoxy groups -OCH3 is 1. The number of hydrogen-bond acceptors (Lipinski definition) is 8. The van der Waals surface area contributed by atoms with Crippen LogP contribution in [0.15, 0.2) is 18.6 Å². The first kappa shape index (κ1) is 25.5. The van der Waals surface area contributed by atoms with Crippen LogP contribution < -0.4 is 15.0 Å². The topological polar surface area (TPSA) is 104 Å². The molecule has 3 aliphatic rings. The molecule has 0 unspecified atom stereocenters. The molecule has 200 valence electrons. The van der Waals surface area contributed by atoms with Crippen molar-refractivity contribution >= 4 is 17.4 Å². The zero-order chi connectivity index (χ0) is 26.2. The van der Waals surface area contributed by atoms with Crippen LogP contribution in [0.2, 0.25) is 0 Å². The fourth-order valence-corrected chi connectivity index (χ4v) is 5.52. The molecule has 0 bridgehead atoms. The molecule has 1 aliphatic carbocycles. The monoisotopic (exact) mass is 520 g/mol. The Labute approximate surface area is 213 Å². The molecule has 1 amide bonds. The highest BCUT2D eigenvalue weighted by molar-refractivity contribution is 5.79. The summed E-state index contributed by atoms with van der Waals surface area (Å²) in [5.74, 6) is 0.318. The van der Waals surface area contributed by atoms with Gasteiger partial charge in [-0.1, -0.05) is 0 Å². The Kier molecular flexibility index (Phi) is 7.11. The van der Waals surface area contributed by atoms with Crippen molar-refractivity contribution in [1.82, 2.24) is 19.9 Å². The van der Waals surface area contributed by atoms with Crippen LogP contribution in [-0.2, 0) is 23.9 Å². The summed E-state index contributed by atoms with van der Waals surface area (Å²) < 4.78 is 45.4. The number of halogens is 3. The van der Waals surface area contributed by atoms with Gasteiger partial charge in [-0.05, 0) is 38.2 Å². The van der Waals surface area contributed by atoms with E-state index in [4.69, 9.17) is 4.74 Å². The molecular formula is C25H31F3N6O3. The number of nitrogens with one attached hydrogen (secondary N) is 1. The minimum absolute atomic E-state index is 0.0204. The Morgan fingerprint density at radius 3 is 2.65 bits per heavy atom. The SMILES string of the molecule is COc1ncc(N2CCc3ncnc(N[C@H]4CCN(C(=O)[C@H]5CC[C@H](O)CC5)C4)c3C2)cc1C(F)(F)F. The Balaban J connectivity index is 1.28. The quantitative estimate of drug-likeness (QED) is 0.620. The van der Waals surface area contributed by atoms with Crippen LogP contribution >= 0.6 is 0 Å². The number of carbonyl (C=O) groups is 1. The molecule has 2 N–H and O–H groups in total. The second kappa shape index (κ2) is 10.3. The first-order valence-corrected chi connectivity index (χ1v) is 12.6. The van der Waals surface area contributed by atoms with Crippen LogP contribution in [0.4, 0.5) is 24.7 Å². The Morgan fingerprint density at radius 1 is 1.14 bits per heavy atom. The van der Waals surface area contributed by atoms with E-state index in [1.165, 1.54) is 19.6 Å². The van der Waals surface area contributed by atoms with Gasteiger partial charge in [-0.2, -0.15) is 13.2 Å². The van der Waals surface area contributed by atoms with Crippen LogP contribution in [0.3, 0.4) is 0 Å². The number of aromatic nitrogens is 3. The molecule has 0 radical (unpaired) electrons. The van der Waals surface area contributed by atoms with Crippen LogP contribution in [0.25, 0.3) is 0 Å². The van der Waals surface area contributed by atoms with Crippen LogP contribution in [-0.4, -0.2) is 69.8 Å². The fourth-order valence-electron chi connectivity index (χ4n) is 5.52. The van der Waals surface area contributed by atoms with Crippen LogP contribution in [0.1, 0.15) is 48.9 Å². The minimum atomic E-state index is -4.58. The number of likely N-dealkylation sites (tertiary alicyclic amines) is 1. The standard InChI is InChI=1S/C25H31F3N6O3/c1-37-23-20(25(26,27)28)10-17(11-29-23)33-9-7-21-19(13-33)22(31-14-30-21)32-16-6-8-34(12-16)24(36)15-2-4-18(35)5-3-15/h10-11,14-16,18,35H,2-9,12-13H2,1H3,(H,30,31,32)/t15-,16-,18-/m0/s1. The zero-order valence-corrected chi connectivity index (χ0v) is 20.7. The number of fused-ring (bicyclic) bond motifs is 1. The molecule has 37 heavy (non-hydrogen) atoms. The van der Waals surface area contributed by atoms with Gasteiger partial charge in [0.05, 0.1) is 30.8 Å². The van der Waals surface area contributed by atoms with Gasteiger partial charge in [0.1, 0.15) is 17.7 Å². The normalized spacial score (nSPS) is 24.1. The summed E-state index contributed by atoms with van der Waals surface area (Å²) in [5.41, 5.74) is 1.13. The van der Waals surface area contributed by atoms with Gasteiger partial charge >= 0.3 is 6.18 Å². The zero-order valence-electron chi connectivity index (χ0n) is 20.7. The molecule has 2 aliphatic heterocycles. The van der Waals surface area contributed by atoms with Crippen molar-refractivity contribution in [3.8, 4) is 5.88 Å². The lowest BCUT2D eigenvalue weighted by Gasteiger charge is -2.32. The van der Waals surface area contributed by atoms with Crippen molar-refractivity contribution in [2.75, 3.05) is 37.0 Å². The van der Waals surface area contributed by atoms with Gasteiger partial charge in [-0.25, -0.2) is 15.0 Å². The molecule has 5 rings (SSSR count). The maximum absolute atomic E-state index is 13.5. The number of ether oxygens (including phenoxy) is 1. The van der Waals surface area contributed by atoms with Gasteiger partial charge in [0, 0.05) is 50.1 Å². The number of nitrogens with zero attached hydrogens (tertiary/aromatic N) is 5. The summed E-state index contributed by atoms with van der Waals surface area (Å²) in [4.78, 5) is 29.4. The second-order valence-electron chi connectivity index (χ2n) is 9.99. The van der Waals surface area contributed by atoms with E-state index in [0.29, 0.717) is 56.9 Å². The predicted molar refractivity (Wildman–Crippen MR) is 129 cm³/mol. The van der Waals surface area contributed by atoms with E-state index in [-0.39, 0.29) is 24.0 Å². The summed E-state index contributed by atoms with van der Waals surface area (Å²) in [6.45, 7) is 2.06. The highest BCUT2D eigenvalue weighted by atomic mass is 19.4. The number of aliphatic hydroxyl groups excluding tert-OH is 1. The highest BCUT2D eigenvalue weighted by Gasteiger charge is 2.37. The second-order valence-corrected chi connectivity index (χ2v) is 9.99. The number of pyridine rings is 1. The number of hydrogen-bond donors (Lipinski definition) is 2. The van der Waals surface area contributed by atoms with Crippen molar-refractivity contribution in [1.29, 1.82) is 0 Å². The summed E-state index contributed by atoms with van der Waals surface area (Å²) in [6, 6.07) is 1.09. The molecular weight excluding hydrogens is 489 g/mol. The summed E-state index contributed by atoms with van der Waals surface area (Å²) in [6.07, 6.45) is 2.13. The smallest absolute Gasteiger partial charge is 0.421 e. The number of aliphatic hydroxyl groups is 1. The fraction of sp³-hybridized carbons (Fsp3) is 0.600. The van der Waals surface area contributed by atoms with E-state index in [1.807, 2.05) is 9.80 Å². The molecule has 0 aromatic carbocycles. The summed E-state index contributed by atoms with van der Waals surface area (Å²) in [5, 5.41) is 13.2. The van der Waals surface area contributed by atoms with Crippen LogP contribution in [0.5, 0.6) is 5.88 Å². The molecule has 12 heteroatoms. The van der Waals surface area contributed by atoms with Gasteiger partial charge in [0.2, 0.25) is 11.8 Å². The van der Waals surface area contributed by atoms with Gasteiger partial charge in [-0.3, -0.25) is 4.79 Å². The summed E-state index contributed by atoms with van der Waals surface area (Å²) >= 11 is 0. The Hall–Kier alpha value is -3.15. The molecule has 0 spiro atoms. The van der Waals surface area contributed by atoms with Gasteiger partial charge in [0.15, 0.2) is 0 Å². The van der Waals surface area contributed by atoms with Crippen LogP contribution in [0, 0.1) is 5.92 Å². The lowest BCUT2D eigenvalue weighted by Crippen LogP contribution is -2.38. The molecule has 2 fully saturated rings. The Bertz CT molecular complexity index is 1140. The van der Waals surface area contributed by atoms with E-state index in [9.17, 15) is 23.1 Å². The van der Waals surface area contributed by atoms with Crippen molar-refractivity contribution in [2.24, 2.45) is 5.92 Å². The number of amides is 1. The van der Waals surface area contributed by atoms with Crippen molar-refractivity contribution in [3.05, 3.63) is 35.4 Å². The first-order valence-electron chi connectivity index (χ1n) is 12.6. The predicted octanol–water partition coefficient (Wildman–Crippen LogP) is 3.03. The van der Waals surface area contributed by atoms with E-state index < -0.39 is 17.6 Å².